The summed E-state index contributed by atoms with van der Waals surface area (Å²) in [5.41, 5.74) is 0. The molecule has 0 aliphatic heterocycles. The summed E-state index contributed by atoms with van der Waals surface area (Å²) in [6.45, 7) is 0. The van der Waals surface area contributed by atoms with Crippen molar-refractivity contribution in [1.82, 2.24) is 0 Å². The molecule has 2 aromatic rings. The monoisotopic (exact) mass is 380 g/mol. The Bertz CT molecular complexity index is 447. The second kappa shape index (κ2) is 3.65. The molecule has 0 aliphatic carbocycles. The molecule has 0 spiro atoms. The van der Waals surface area contributed by atoms with E-state index in [1.807, 2.05) is 0 Å². The SMILES string of the molecule is [CH3][Pb]([CH3])([CH3])[c]1cccc2ccccc12. The van der Waals surface area contributed by atoms with Crippen molar-refractivity contribution in [3.8, 4) is 0 Å². The first-order valence-corrected chi connectivity index (χ1v) is 18.7. The van der Waals surface area contributed by atoms with E-state index in [1.165, 1.54) is 10.8 Å². The molecule has 0 fully saturated rings. The fourth-order valence-electron chi connectivity index (χ4n) is 1.88. The molecular formula is C13H16Pb. The second-order valence-corrected chi connectivity index (χ2v) is 24.4. The third-order valence-electron chi connectivity index (χ3n) is 2.60. The van der Waals surface area contributed by atoms with E-state index in [0.29, 0.717) is 0 Å². The van der Waals surface area contributed by atoms with E-state index in [4.69, 9.17) is 0 Å². The first-order valence-electron chi connectivity index (χ1n) is 5.07. The molecule has 0 saturated carbocycles. The van der Waals surface area contributed by atoms with Gasteiger partial charge in [-0.3, -0.25) is 0 Å². The normalized spacial score (nSPS) is 11.9. The summed E-state index contributed by atoms with van der Waals surface area (Å²) in [6.07, 6.45) is 0. The van der Waals surface area contributed by atoms with Crippen LogP contribution in [0.2, 0.25) is 13.4 Å². The van der Waals surface area contributed by atoms with Gasteiger partial charge in [-0.15, -0.1) is 0 Å². The Kier molecular flexibility index (Phi) is 2.64. The Morgan fingerprint density at radius 1 is 0.786 bits per heavy atom. The summed E-state index contributed by atoms with van der Waals surface area (Å²) < 4.78 is 9.09. The summed E-state index contributed by atoms with van der Waals surface area (Å²) in [4.78, 5) is 0. The van der Waals surface area contributed by atoms with Gasteiger partial charge in [0.15, 0.2) is 0 Å². The van der Waals surface area contributed by atoms with Gasteiger partial charge in [-0.05, 0) is 0 Å². The van der Waals surface area contributed by atoms with Crippen LogP contribution in [0.25, 0.3) is 10.8 Å². The molecule has 2 aromatic carbocycles. The molecule has 0 heterocycles. The van der Waals surface area contributed by atoms with Gasteiger partial charge in [0.25, 0.3) is 0 Å². The zero-order chi connectivity index (χ0) is 10.2. The standard InChI is InChI=1S/C10H7.3CH3.Pb/c1-2-6-10-8-4-3-7-9(10)5-1;;;;/h1-7H;3*1H3;. The number of fused-ring (bicyclic) bond motifs is 1. The number of benzene rings is 2. The number of rotatable bonds is 1. The fraction of sp³-hybridized carbons (Fsp3) is 0.231. The van der Waals surface area contributed by atoms with Gasteiger partial charge >= 0.3 is 91.0 Å². The van der Waals surface area contributed by atoms with Gasteiger partial charge in [-0.2, -0.15) is 0 Å². The van der Waals surface area contributed by atoms with Gasteiger partial charge in [-0.1, -0.05) is 0 Å². The van der Waals surface area contributed by atoms with Gasteiger partial charge < -0.3 is 0 Å². The molecule has 0 radical (unpaired) electrons. The summed E-state index contributed by atoms with van der Waals surface area (Å²) >= 11 is -2.05. The first kappa shape index (κ1) is 10.2. The third kappa shape index (κ3) is 1.85. The first-order chi connectivity index (χ1) is 6.59. The molecule has 0 unspecified atom stereocenters. The van der Waals surface area contributed by atoms with E-state index in [1.54, 1.807) is 3.12 Å². The summed E-state index contributed by atoms with van der Waals surface area (Å²) in [7, 11) is 0. The molecule has 0 N–H and O–H groups in total. The van der Waals surface area contributed by atoms with Crippen molar-refractivity contribution in [1.29, 1.82) is 0 Å². The molecule has 2 rings (SSSR count). The molecule has 0 atom stereocenters. The van der Waals surface area contributed by atoms with Crippen LogP contribution in [0.4, 0.5) is 0 Å². The number of hydrogen-bond acceptors (Lipinski definition) is 0. The Balaban J connectivity index is 2.78. The molecule has 0 aromatic heterocycles. The molecule has 0 aliphatic rings. The average molecular weight is 379 g/mol. The maximum atomic E-state index is 2.48. The van der Waals surface area contributed by atoms with E-state index < -0.39 is 21.2 Å². The molecule has 0 nitrogen and oxygen atoms in total. The van der Waals surface area contributed by atoms with Crippen LogP contribution in [-0.2, 0) is 0 Å². The van der Waals surface area contributed by atoms with Gasteiger partial charge in [0.2, 0.25) is 0 Å². The van der Waals surface area contributed by atoms with E-state index in [9.17, 15) is 0 Å². The predicted molar refractivity (Wildman–Crippen MR) is 66.9 cm³/mol. The quantitative estimate of drug-likeness (QED) is 0.667. The average Bonchev–Trinajstić information content (AvgIpc) is 2.15. The van der Waals surface area contributed by atoms with Crippen molar-refractivity contribution < 1.29 is 0 Å². The minimum atomic E-state index is -2.05. The van der Waals surface area contributed by atoms with Crippen molar-refractivity contribution in [3.05, 3.63) is 42.5 Å². The number of hydrogen-bond donors (Lipinski definition) is 0. The van der Waals surface area contributed by atoms with Crippen molar-refractivity contribution in [2.75, 3.05) is 0 Å². The Morgan fingerprint density at radius 2 is 1.43 bits per heavy atom. The van der Waals surface area contributed by atoms with Crippen LogP contribution in [0.3, 0.4) is 0 Å². The van der Waals surface area contributed by atoms with Gasteiger partial charge in [0.05, 0.1) is 0 Å². The molecule has 1 heteroatoms. The van der Waals surface area contributed by atoms with Crippen molar-refractivity contribution >= 4 is 35.1 Å². The van der Waals surface area contributed by atoms with Crippen molar-refractivity contribution in [2.45, 2.75) is 13.4 Å². The van der Waals surface area contributed by atoms with Gasteiger partial charge in [-0.25, -0.2) is 0 Å². The molecule has 0 bridgehead atoms. The summed E-state index contributed by atoms with van der Waals surface area (Å²) in [6, 6.07) is 15.5. The zero-order valence-corrected chi connectivity index (χ0v) is 12.9. The second-order valence-electron chi connectivity index (χ2n) is 4.78. The Hall–Kier alpha value is -0.378. The van der Waals surface area contributed by atoms with Crippen molar-refractivity contribution in [3.63, 3.8) is 0 Å². The Labute approximate surface area is 90.6 Å². The van der Waals surface area contributed by atoms with Crippen molar-refractivity contribution in [2.24, 2.45) is 0 Å². The molecule has 0 saturated heterocycles. The van der Waals surface area contributed by atoms with Crippen LogP contribution < -0.4 is 3.12 Å². The van der Waals surface area contributed by atoms with Crippen LogP contribution in [0, 0.1) is 0 Å². The maximum absolute atomic E-state index is 2.48. The minimum absolute atomic E-state index is 1.39. The van der Waals surface area contributed by atoms with Crippen LogP contribution in [0.1, 0.15) is 0 Å². The van der Waals surface area contributed by atoms with Crippen LogP contribution in [0.5, 0.6) is 0 Å². The van der Waals surface area contributed by atoms with E-state index in [0.717, 1.165) is 0 Å². The molecule has 0 amide bonds. The predicted octanol–water partition coefficient (Wildman–Crippen LogP) is 3.39. The van der Waals surface area contributed by atoms with Crippen LogP contribution in [-0.4, -0.2) is 21.2 Å². The molecular weight excluding hydrogens is 363 g/mol. The molecule has 14 heavy (non-hydrogen) atoms. The van der Waals surface area contributed by atoms with E-state index in [2.05, 4.69) is 55.9 Å². The van der Waals surface area contributed by atoms with E-state index >= 15 is 0 Å². The Morgan fingerprint density at radius 3 is 2.14 bits per heavy atom. The summed E-state index contributed by atoms with van der Waals surface area (Å²) in [5, 5.41) is 2.86. The molecule has 72 valence electrons. The van der Waals surface area contributed by atoms with E-state index in [-0.39, 0.29) is 0 Å². The third-order valence-corrected chi connectivity index (χ3v) is 10.6. The van der Waals surface area contributed by atoms with Gasteiger partial charge in [0.1, 0.15) is 0 Å². The summed E-state index contributed by atoms with van der Waals surface area (Å²) in [5.74, 6) is 0. The topological polar surface area (TPSA) is 0 Å². The van der Waals surface area contributed by atoms with Crippen LogP contribution in [0.15, 0.2) is 42.5 Å². The fourth-order valence-corrected chi connectivity index (χ4v) is 8.22. The van der Waals surface area contributed by atoms with Crippen LogP contribution >= 0.6 is 0 Å². The zero-order valence-electron chi connectivity index (χ0n) is 9.04. The van der Waals surface area contributed by atoms with Gasteiger partial charge in [0, 0.05) is 0 Å².